The first-order chi connectivity index (χ1) is 9.91. The van der Waals surface area contributed by atoms with E-state index in [-0.39, 0.29) is 42.4 Å². The summed E-state index contributed by atoms with van der Waals surface area (Å²) < 4.78 is 5.42. The van der Waals surface area contributed by atoms with Gasteiger partial charge in [-0.3, -0.25) is 14.5 Å². The summed E-state index contributed by atoms with van der Waals surface area (Å²) in [5.41, 5.74) is 0.128. The van der Waals surface area contributed by atoms with Crippen LogP contribution in [0.25, 0.3) is 0 Å². The van der Waals surface area contributed by atoms with Crippen molar-refractivity contribution in [3.63, 3.8) is 0 Å². The molecule has 2 atom stereocenters. The van der Waals surface area contributed by atoms with Crippen LogP contribution in [0.5, 0.6) is 5.75 Å². The second-order valence-electron chi connectivity index (χ2n) is 5.09. The summed E-state index contributed by atoms with van der Waals surface area (Å²) in [5.74, 6) is -1.60. The summed E-state index contributed by atoms with van der Waals surface area (Å²) in [6.45, 7) is 3.79. The number of amides is 2. The van der Waals surface area contributed by atoms with Crippen LogP contribution in [0.15, 0.2) is 24.3 Å². The number of likely N-dealkylation sites (tertiary alicyclic amines) is 1. The SMILES string of the molecule is CC1C(=O)N(CCOc2cccc(C(=O)O)c2)C(=O)C1C. The molecule has 6 nitrogen and oxygen atoms in total. The lowest BCUT2D eigenvalue weighted by Crippen LogP contribution is -2.34. The summed E-state index contributed by atoms with van der Waals surface area (Å²) in [6, 6.07) is 6.08. The molecule has 0 aliphatic carbocycles. The van der Waals surface area contributed by atoms with E-state index in [1.165, 1.54) is 17.0 Å². The number of ether oxygens (including phenoxy) is 1. The van der Waals surface area contributed by atoms with E-state index in [9.17, 15) is 14.4 Å². The number of rotatable bonds is 5. The predicted octanol–water partition coefficient (Wildman–Crippen LogP) is 1.40. The number of hydrogen-bond donors (Lipinski definition) is 1. The molecule has 2 rings (SSSR count). The minimum absolute atomic E-state index is 0.128. The number of hydrogen-bond acceptors (Lipinski definition) is 4. The summed E-state index contributed by atoms with van der Waals surface area (Å²) in [4.78, 5) is 35.8. The lowest BCUT2D eigenvalue weighted by atomic mass is 10.00. The van der Waals surface area contributed by atoms with Gasteiger partial charge in [0.15, 0.2) is 0 Å². The quantitative estimate of drug-likeness (QED) is 0.829. The number of imide groups is 1. The third-order valence-electron chi connectivity index (χ3n) is 3.73. The molecule has 0 aromatic heterocycles. The molecular formula is C15H17NO5. The zero-order valence-electron chi connectivity index (χ0n) is 11.9. The van der Waals surface area contributed by atoms with Crippen molar-refractivity contribution in [1.82, 2.24) is 4.90 Å². The van der Waals surface area contributed by atoms with Crippen LogP contribution >= 0.6 is 0 Å². The first-order valence-electron chi connectivity index (χ1n) is 6.73. The van der Waals surface area contributed by atoms with Gasteiger partial charge in [0.25, 0.3) is 0 Å². The molecule has 0 bridgehead atoms. The van der Waals surface area contributed by atoms with Crippen LogP contribution in [0.2, 0.25) is 0 Å². The van der Waals surface area contributed by atoms with Crippen molar-refractivity contribution in [2.45, 2.75) is 13.8 Å². The smallest absolute Gasteiger partial charge is 0.335 e. The first-order valence-corrected chi connectivity index (χ1v) is 6.73. The van der Waals surface area contributed by atoms with Crippen LogP contribution in [0, 0.1) is 11.8 Å². The second-order valence-corrected chi connectivity index (χ2v) is 5.09. The number of aromatic carboxylic acids is 1. The Morgan fingerprint density at radius 3 is 2.43 bits per heavy atom. The fraction of sp³-hybridized carbons (Fsp3) is 0.400. The van der Waals surface area contributed by atoms with Crippen LogP contribution < -0.4 is 4.74 Å². The Hall–Kier alpha value is -2.37. The van der Waals surface area contributed by atoms with Crippen molar-refractivity contribution in [2.24, 2.45) is 11.8 Å². The highest BCUT2D eigenvalue weighted by Crippen LogP contribution is 2.25. The Balaban J connectivity index is 1.93. The average Bonchev–Trinajstić information content (AvgIpc) is 2.65. The molecule has 0 radical (unpaired) electrons. The molecule has 2 unspecified atom stereocenters. The molecule has 1 fully saturated rings. The molecule has 0 spiro atoms. The van der Waals surface area contributed by atoms with Gasteiger partial charge in [0.2, 0.25) is 11.8 Å². The van der Waals surface area contributed by atoms with Gasteiger partial charge >= 0.3 is 5.97 Å². The molecule has 2 amide bonds. The highest BCUT2D eigenvalue weighted by Gasteiger charge is 2.41. The lowest BCUT2D eigenvalue weighted by molar-refractivity contribution is -0.140. The van der Waals surface area contributed by atoms with Gasteiger partial charge in [-0.2, -0.15) is 0 Å². The van der Waals surface area contributed by atoms with Gasteiger partial charge in [0.1, 0.15) is 12.4 Å². The Morgan fingerprint density at radius 1 is 1.24 bits per heavy atom. The van der Waals surface area contributed by atoms with Crippen LogP contribution in [-0.2, 0) is 9.59 Å². The number of nitrogens with zero attached hydrogens (tertiary/aromatic N) is 1. The lowest BCUT2D eigenvalue weighted by Gasteiger charge is -2.15. The zero-order chi connectivity index (χ0) is 15.6. The van der Waals surface area contributed by atoms with Gasteiger partial charge in [0.05, 0.1) is 12.1 Å². The van der Waals surface area contributed by atoms with Crippen LogP contribution in [0.4, 0.5) is 0 Å². The third kappa shape index (κ3) is 3.04. The first kappa shape index (κ1) is 15.0. The van der Waals surface area contributed by atoms with E-state index < -0.39 is 5.97 Å². The van der Waals surface area contributed by atoms with E-state index in [4.69, 9.17) is 9.84 Å². The normalized spacial score (nSPS) is 21.7. The van der Waals surface area contributed by atoms with Gasteiger partial charge < -0.3 is 9.84 Å². The topological polar surface area (TPSA) is 83.9 Å². The monoisotopic (exact) mass is 291 g/mol. The van der Waals surface area contributed by atoms with Crippen molar-refractivity contribution >= 4 is 17.8 Å². The fourth-order valence-corrected chi connectivity index (χ4v) is 2.22. The maximum Gasteiger partial charge on any atom is 0.335 e. The van der Waals surface area contributed by atoms with E-state index in [2.05, 4.69) is 0 Å². The Kier molecular flexibility index (Phi) is 4.26. The fourth-order valence-electron chi connectivity index (χ4n) is 2.22. The van der Waals surface area contributed by atoms with Gasteiger partial charge in [0, 0.05) is 11.8 Å². The van der Waals surface area contributed by atoms with Crippen LogP contribution in [0.3, 0.4) is 0 Å². The predicted molar refractivity (Wildman–Crippen MR) is 73.9 cm³/mol. The van der Waals surface area contributed by atoms with E-state index in [1.54, 1.807) is 26.0 Å². The van der Waals surface area contributed by atoms with Gasteiger partial charge in [-0.05, 0) is 18.2 Å². The van der Waals surface area contributed by atoms with Crippen LogP contribution in [0.1, 0.15) is 24.2 Å². The summed E-state index contributed by atoms with van der Waals surface area (Å²) in [6.07, 6.45) is 0. The third-order valence-corrected chi connectivity index (χ3v) is 3.73. The van der Waals surface area contributed by atoms with Crippen molar-refractivity contribution in [3.8, 4) is 5.75 Å². The number of carboxylic acid groups (broad SMARTS) is 1. The zero-order valence-corrected chi connectivity index (χ0v) is 11.9. The molecule has 1 aromatic carbocycles. The summed E-state index contributed by atoms with van der Waals surface area (Å²) in [7, 11) is 0. The minimum atomic E-state index is -1.03. The molecule has 1 saturated heterocycles. The van der Waals surface area contributed by atoms with Crippen LogP contribution in [-0.4, -0.2) is 40.9 Å². The molecular weight excluding hydrogens is 274 g/mol. The highest BCUT2D eigenvalue weighted by molar-refractivity contribution is 6.04. The van der Waals surface area contributed by atoms with Gasteiger partial charge in [-0.1, -0.05) is 19.9 Å². The molecule has 1 aromatic rings. The van der Waals surface area contributed by atoms with Gasteiger partial charge in [-0.25, -0.2) is 4.79 Å². The molecule has 21 heavy (non-hydrogen) atoms. The molecule has 6 heteroatoms. The standard InChI is InChI=1S/C15H17NO5/c1-9-10(2)14(18)16(13(9)17)6-7-21-12-5-3-4-11(8-12)15(19)20/h3-5,8-10H,6-7H2,1-2H3,(H,19,20). The number of benzene rings is 1. The summed E-state index contributed by atoms with van der Waals surface area (Å²) >= 11 is 0. The summed E-state index contributed by atoms with van der Waals surface area (Å²) in [5, 5.41) is 8.88. The molecule has 112 valence electrons. The van der Waals surface area contributed by atoms with E-state index in [1.807, 2.05) is 0 Å². The molecule has 1 N–H and O–H groups in total. The largest absolute Gasteiger partial charge is 0.492 e. The molecule has 1 aliphatic rings. The van der Waals surface area contributed by atoms with E-state index in [0.29, 0.717) is 5.75 Å². The Labute approximate surface area is 122 Å². The maximum atomic E-state index is 11.9. The van der Waals surface area contributed by atoms with Crippen molar-refractivity contribution < 1.29 is 24.2 Å². The Bertz CT molecular complexity index is 563. The maximum absolute atomic E-state index is 11.9. The molecule has 0 saturated carbocycles. The molecule has 1 aliphatic heterocycles. The Morgan fingerprint density at radius 2 is 1.86 bits per heavy atom. The number of carbonyl (C=O) groups excluding carboxylic acids is 2. The number of carboxylic acids is 1. The number of carbonyl (C=O) groups is 3. The van der Waals surface area contributed by atoms with Crippen molar-refractivity contribution in [2.75, 3.05) is 13.2 Å². The van der Waals surface area contributed by atoms with Crippen molar-refractivity contribution in [1.29, 1.82) is 0 Å². The van der Waals surface area contributed by atoms with Crippen molar-refractivity contribution in [3.05, 3.63) is 29.8 Å². The highest BCUT2D eigenvalue weighted by atomic mass is 16.5. The van der Waals surface area contributed by atoms with Gasteiger partial charge in [-0.15, -0.1) is 0 Å². The average molecular weight is 291 g/mol. The minimum Gasteiger partial charge on any atom is -0.492 e. The molecule has 1 heterocycles. The van der Waals surface area contributed by atoms with E-state index >= 15 is 0 Å². The van der Waals surface area contributed by atoms with E-state index in [0.717, 1.165) is 0 Å². The second kappa shape index (κ2) is 5.95.